The summed E-state index contributed by atoms with van der Waals surface area (Å²) in [6.45, 7) is 2.93. The van der Waals surface area contributed by atoms with E-state index in [2.05, 4.69) is 15.5 Å². The van der Waals surface area contributed by atoms with Gasteiger partial charge in [-0.3, -0.25) is 9.59 Å². The van der Waals surface area contributed by atoms with E-state index in [0.29, 0.717) is 25.1 Å². The first-order valence-corrected chi connectivity index (χ1v) is 7.13. The van der Waals surface area contributed by atoms with E-state index >= 15 is 0 Å². The van der Waals surface area contributed by atoms with Crippen LogP contribution in [-0.2, 0) is 16.0 Å². The van der Waals surface area contributed by atoms with Crippen LogP contribution in [0.4, 0.5) is 5.69 Å². The van der Waals surface area contributed by atoms with Crippen LogP contribution >= 0.6 is 0 Å². The molecule has 1 unspecified atom stereocenters. The Labute approximate surface area is 123 Å². The van der Waals surface area contributed by atoms with Gasteiger partial charge in [0.25, 0.3) is 5.91 Å². The van der Waals surface area contributed by atoms with Crippen LogP contribution in [0.1, 0.15) is 15.9 Å². The fraction of sp³-hybridized carbons (Fsp3) is 0.467. The summed E-state index contributed by atoms with van der Waals surface area (Å²) in [7, 11) is 2.04. The molecule has 2 N–H and O–H groups in total. The Bertz CT molecular complexity index is 573. The summed E-state index contributed by atoms with van der Waals surface area (Å²) in [6.07, 6.45) is 0.418. The molecule has 2 amide bonds. The van der Waals surface area contributed by atoms with E-state index in [-0.39, 0.29) is 17.9 Å². The van der Waals surface area contributed by atoms with Crippen LogP contribution in [0, 0.1) is 0 Å². The van der Waals surface area contributed by atoms with Crippen molar-refractivity contribution in [3.05, 3.63) is 29.3 Å². The molecule has 0 spiro atoms. The Morgan fingerprint density at radius 1 is 1.52 bits per heavy atom. The SMILES string of the molecule is CN1CCOC(CNC(=O)c2ccc3c(c2)NC(=O)C3)C1. The number of amides is 2. The van der Waals surface area contributed by atoms with E-state index < -0.39 is 0 Å². The third-order valence-electron chi connectivity index (χ3n) is 3.83. The highest BCUT2D eigenvalue weighted by Gasteiger charge is 2.21. The van der Waals surface area contributed by atoms with Crippen molar-refractivity contribution >= 4 is 17.5 Å². The first-order chi connectivity index (χ1) is 10.1. The van der Waals surface area contributed by atoms with Crippen molar-refractivity contribution in [3.63, 3.8) is 0 Å². The number of carbonyl (C=O) groups excluding carboxylic acids is 2. The predicted molar refractivity (Wildman–Crippen MR) is 78.3 cm³/mol. The Hall–Kier alpha value is -1.92. The summed E-state index contributed by atoms with van der Waals surface area (Å²) in [4.78, 5) is 25.7. The fourth-order valence-corrected chi connectivity index (χ4v) is 2.65. The number of anilines is 1. The van der Waals surface area contributed by atoms with Crippen molar-refractivity contribution in [3.8, 4) is 0 Å². The van der Waals surface area contributed by atoms with Gasteiger partial charge in [0.2, 0.25) is 5.91 Å². The predicted octanol–water partition coefficient (Wildman–Crippen LogP) is 0.242. The number of likely N-dealkylation sites (N-methyl/N-ethyl adjacent to an activating group) is 1. The number of nitrogens with zero attached hydrogens (tertiary/aromatic N) is 1. The fourth-order valence-electron chi connectivity index (χ4n) is 2.65. The number of benzene rings is 1. The normalized spacial score (nSPS) is 21.8. The molecule has 6 heteroatoms. The molecule has 2 aliphatic heterocycles. The smallest absolute Gasteiger partial charge is 0.251 e. The zero-order valence-corrected chi connectivity index (χ0v) is 12.0. The van der Waals surface area contributed by atoms with Crippen LogP contribution in [0.2, 0.25) is 0 Å². The number of rotatable bonds is 3. The third-order valence-corrected chi connectivity index (χ3v) is 3.83. The average Bonchev–Trinajstić information content (AvgIpc) is 2.84. The number of ether oxygens (including phenoxy) is 1. The lowest BCUT2D eigenvalue weighted by atomic mass is 10.1. The van der Waals surface area contributed by atoms with Gasteiger partial charge in [-0.05, 0) is 24.7 Å². The van der Waals surface area contributed by atoms with Crippen molar-refractivity contribution in [1.82, 2.24) is 10.2 Å². The van der Waals surface area contributed by atoms with Crippen LogP contribution in [0.3, 0.4) is 0 Å². The Morgan fingerprint density at radius 3 is 3.19 bits per heavy atom. The first kappa shape index (κ1) is 14.0. The van der Waals surface area contributed by atoms with Gasteiger partial charge >= 0.3 is 0 Å². The lowest BCUT2D eigenvalue weighted by Crippen LogP contribution is -2.45. The van der Waals surface area contributed by atoms with E-state index in [4.69, 9.17) is 4.74 Å². The monoisotopic (exact) mass is 289 g/mol. The van der Waals surface area contributed by atoms with E-state index in [1.807, 2.05) is 13.1 Å². The molecule has 6 nitrogen and oxygen atoms in total. The number of fused-ring (bicyclic) bond motifs is 1. The van der Waals surface area contributed by atoms with Crippen LogP contribution in [0.5, 0.6) is 0 Å². The summed E-state index contributed by atoms with van der Waals surface area (Å²) in [5, 5.41) is 5.64. The minimum absolute atomic E-state index is 0.0267. The molecule has 0 saturated carbocycles. The lowest BCUT2D eigenvalue weighted by Gasteiger charge is -2.30. The molecular weight excluding hydrogens is 270 g/mol. The van der Waals surface area contributed by atoms with Gasteiger partial charge in [0, 0.05) is 30.9 Å². The highest BCUT2D eigenvalue weighted by atomic mass is 16.5. The largest absolute Gasteiger partial charge is 0.374 e. The minimum Gasteiger partial charge on any atom is -0.374 e. The molecule has 0 aliphatic carbocycles. The van der Waals surface area contributed by atoms with Gasteiger partial charge < -0.3 is 20.3 Å². The second-order valence-electron chi connectivity index (χ2n) is 5.56. The van der Waals surface area contributed by atoms with Crippen LogP contribution in [-0.4, -0.2) is 56.1 Å². The van der Waals surface area contributed by atoms with Crippen LogP contribution < -0.4 is 10.6 Å². The summed E-state index contributed by atoms with van der Waals surface area (Å²) in [5.74, 6) is -0.169. The maximum atomic E-state index is 12.2. The maximum absolute atomic E-state index is 12.2. The molecule has 112 valence electrons. The number of hydrogen-bond donors (Lipinski definition) is 2. The third kappa shape index (κ3) is 3.22. The molecule has 0 bridgehead atoms. The molecule has 0 radical (unpaired) electrons. The van der Waals surface area contributed by atoms with Gasteiger partial charge in [-0.2, -0.15) is 0 Å². The lowest BCUT2D eigenvalue weighted by molar-refractivity contribution is -0.115. The van der Waals surface area contributed by atoms with Crippen molar-refractivity contribution in [2.24, 2.45) is 0 Å². The highest BCUT2D eigenvalue weighted by Crippen LogP contribution is 2.23. The van der Waals surface area contributed by atoms with Gasteiger partial charge in [0.05, 0.1) is 19.1 Å². The zero-order chi connectivity index (χ0) is 14.8. The summed E-state index contributed by atoms with van der Waals surface area (Å²) < 4.78 is 5.61. The van der Waals surface area contributed by atoms with Gasteiger partial charge in [-0.15, -0.1) is 0 Å². The molecule has 1 saturated heterocycles. The molecule has 3 rings (SSSR count). The van der Waals surface area contributed by atoms with E-state index in [1.54, 1.807) is 12.1 Å². The molecule has 1 aromatic carbocycles. The highest BCUT2D eigenvalue weighted by molar-refractivity contribution is 6.02. The standard InChI is InChI=1S/C15H19N3O3/c1-18-4-5-21-12(9-18)8-16-15(20)11-3-2-10-7-14(19)17-13(10)6-11/h2-3,6,12H,4-5,7-9H2,1H3,(H,16,20)(H,17,19). The van der Waals surface area contributed by atoms with Crippen LogP contribution in [0.25, 0.3) is 0 Å². The molecule has 2 heterocycles. The molecule has 21 heavy (non-hydrogen) atoms. The Morgan fingerprint density at radius 2 is 2.38 bits per heavy atom. The van der Waals surface area contributed by atoms with Crippen molar-refractivity contribution in [1.29, 1.82) is 0 Å². The van der Waals surface area contributed by atoms with Crippen LogP contribution in [0.15, 0.2) is 18.2 Å². The van der Waals surface area contributed by atoms with E-state index in [9.17, 15) is 9.59 Å². The number of hydrogen-bond acceptors (Lipinski definition) is 4. The summed E-state index contributed by atoms with van der Waals surface area (Å²) in [6, 6.07) is 5.30. The molecular formula is C15H19N3O3. The van der Waals surface area contributed by atoms with Crippen molar-refractivity contribution < 1.29 is 14.3 Å². The van der Waals surface area contributed by atoms with E-state index in [1.165, 1.54) is 0 Å². The van der Waals surface area contributed by atoms with Gasteiger partial charge in [0.1, 0.15) is 0 Å². The quantitative estimate of drug-likeness (QED) is 0.836. The first-order valence-electron chi connectivity index (χ1n) is 7.13. The molecule has 0 aromatic heterocycles. The summed E-state index contributed by atoms with van der Waals surface area (Å²) in [5.41, 5.74) is 2.23. The second kappa shape index (κ2) is 5.83. The molecule has 1 aromatic rings. The van der Waals surface area contributed by atoms with Crippen molar-refractivity contribution in [2.75, 3.05) is 38.6 Å². The summed E-state index contributed by atoms with van der Waals surface area (Å²) >= 11 is 0. The number of nitrogens with one attached hydrogen (secondary N) is 2. The van der Waals surface area contributed by atoms with Gasteiger partial charge in [-0.1, -0.05) is 6.07 Å². The second-order valence-corrected chi connectivity index (χ2v) is 5.56. The minimum atomic E-state index is -0.143. The molecule has 1 atom stereocenters. The van der Waals surface area contributed by atoms with Gasteiger partial charge in [-0.25, -0.2) is 0 Å². The number of carbonyl (C=O) groups is 2. The van der Waals surface area contributed by atoms with Crippen molar-refractivity contribution in [2.45, 2.75) is 12.5 Å². The average molecular weight is 289 g/mol. The maximum Gasteiger partial charge on any atom is 0.251 e. The molecule has 2 aliphatic rings. The Balaban J connectivity index is 1.58. The number of morpholine rings is 1. The Kier molecular flexibility index (Phi) is 3.90. The van der Waals surface area contributed by atoms with E-state index in [0.717, 1.165) is 24.3 Å². The molecule has 1 fully saturated rings. The topological polar surface area (TPSA) is 70.7 Å². The van der Waals surface area contributed by atoms with Gasteiger partial charge in [0.15, 0.2) is 0 Å². The zero-order valence-electron chi connectivity index (χ0n) is 12.0.